The van der Waals surface area contributed by atoms with Crippen LogP contribution >= 0.6 is 22.9 Å². The van der Waals surface area contributed by atoms with Crippen molar-refractivity contribution in [1.82, 2.24) is 19.9 Å². The van der Waals surface area contributed by atoms with Crippen LogP contribution in [0.4, 0.5) is 5.13 Å². The number of hydrogen-bond donors (Lipinski definition) is 0. The van der Waals surface area contributed by atoms with Crippen LogP contribution in [0.15, 0.2) is 24.3 Å². The van der Waals surface area contributed by atoms with Gasteiger partial charge < -0.3 is 19.3 Å². The van der Waals surface area contributed by atoms with Crippen molar-refractivity contribution in [1.29, 1.82) is 0 Å². The van der Waals surface area contributed by atoms with Crippen molar-refractivity contribution in [2.45, 2.75) is 0 Å². The molecule has 0 bridgehead atoms. The molecule has 3 aromatic rings. The lowest BCUT2D eigenvalue weighted by atomic mass is 10.2. The van der Waals surface area contributed by atoms with Crippen LogP contribution in [0.5, 0.6) is 11.9 Å². The number of anilines is 1. The van der Waals surface area contributed by atoms with Gasteiger partial charge in [-0.3, -0.25) is 4.79 Å². The van der Waals surface area contributed by atoms with Crippen molar-refractivity contribution in [3.63, 3.8) is 0 Å². The number of thiazole rings is 1. The standard InChI is InChI=1S/C18H18ClN5O3S/c1-26-14-10-12(20-17(21-14)27-2)16(25)23-6-8-24(9-7-23)18-22-15-11(19)4-3-5-13(15)28-18/h3-5,10H,6-9H2,1-2H3. The van der Waals surface area contributed by atoms with E-state index in [0.717, 1.165) is 15.3 Å². The fourth-order valence-electron chi connectivity index (χ4n) is 3.01. The third-order valence-electron chi connectivity index (χ3n) is 4.49. The Morgan fingerprint density at radius 3 is 2.57 bits per heavy atom. The molecule has 0 aliphatic carbocycles. The highest BCUT2D eigenvalue weighted by atomic mass is 35.5. The molecule has 8 nitrogen and oxygen atoms in total. The van der Waals surface area contributed by atoms with Crippen LogP contribution < -0.4 is 14.4 Å². The van der Waals surface area contributed by atoms with Gasteiger partial charge in [-0.15, -0.1) is 0 Å². The summed E-state index contributed by atoms with van der Waals surface area (Å²) in [5.41, 5.74) is 1.08. The van der Waals surface area contributed by atoms with Crippen molar-refractivity contribution in [3.05, 3.63) is 35.0 Å². The van der Waals surface area contributed by atoms with Gasteiger partial charge in [-0.1, -0.05) is 29.0 Å². The van der Waals surface area contributed by atoms with Crippen LogP contribution in [0.1, 0.15) is 10.5 Å². The lowest BCUT2D eigenvalue weighted by Gasteiger charge is -2.34. The summed E-state index contributed by atoms with van der Waals surface area (Å²) < 4.78 is 11.2. The van der Waals surface area contributed by atoms with E-state index in [-0.39, 0.29) is 17.6 Å². The first-order chi connectivity index (χ1) is 13.6. The Labute approximate surface area is 170 Å². The van der Waals surface area contributed by atoms with E-state index >= 15 is 0 Å². The second-order valence-electron chi connectivity index (χ2n) is 6.14. The lowest BCUT2D eigenvalue weighted by Crippen LogP contribution is -2.49. The summed E-state index contributed by atoms with van der Waals surface area (Å²) in [5, 5.41) is 1.57. The van der Waals surface area contributed by atoms with Crippen LogP contribution in [0.2, 0.25) is 5.02 Å². The maximum absolute atomic E-state index is 12.8. The molecule has 2 aromatic heterocycles. The summed E-state index contributed by atoms with van der Waals surface area (Å²) in [4.78, 5) is 29.6. The van der Waals surface area contributed by atoms with Gasteiger partial charge >= 0.3 is 6.01 Å². The molecule has 3 heterocycles. The van der Waals surface area contributed by atoms with Crippen LogP contribution in [-0.2, 0) is 0 Å². The topological polar surface area (TPSA) is 80.7 Å². The summed E-state index contributed by atoms with van der Waals surface area (Å²) in [6, 6.07) is 7.40. The largest absolute Gasteiger partial charge is 0.481 e. The zero-order chi connectivity index (χ0) is 19.7. The van der Waals surface area contributed by atoms with E-state index in [4.69, 9.17) is 21.1 Å². The van der Waals surface area contributed by atoms with Crippen molar-refractivity contribution in [3.8, 4) is 11.9 Å². The Bertz CT molecular complexity index is 997. The second-order valence-corrected chi connectivity index (χ2v) is 7.56. The molecule has 0 radical (unpaired) electrons. The number of aromatic nitrogens is 3. The smallest absolute Gasteiger partial charge is 0.320 e. The van der Waals surface area contributed by atoms with E-state index in [2.05, 4.69) is 19.9 Å². The maximum atomic E-state index is 12.8. The zero-order valence-electron chi connectivity index (χ0n) is 15.4. The van der Waals surface area contributed by atoms with Crippen molar-refractivity contribution < 1.29 is 14.3 Å². The summed E-state index contributed by atoms with van der Waals surface area (Å²) in [5.74, 6) is 0.117. The molecule has 4 rings (SSSR count). The molecule has 1 aromatic carbocycles. The monoisotopic (exact) mass is 419 g/mol. The van der Waals surface area contributed by atoms with Crippen LogP contribution in [0.3, 0.4) is 0 Å². The van der Waals surface area contributed by atoms with E-state index < -0.39 is 0 Å². The van der Waals surface area contributed by atoms with Crippen LogP contribution in [0.25, 0.3) is 10.2 Å². The minimum Gasteiger partial charge on any atom is -0.481 e. The average molecular weight is 420 g/mol. The highest BCUT2D eigenvalue weighted by Gasteiger charge is 2.26. The molecule has 0 atom stereocenters. The third kappa shape index (κ3) is 3.55. The number of halogens is 1. The molecule has 146 valence electrons. The van der Waals surface area contributed by atoms with Gasteiger partial charge in [-0.05, 0) is 12.1 Å². The summed E-state index contributed by atoms with van der Waals surface area (Å²) in [7, 11) is 2.94. The molecule has 1 fully saturated rings. The first kappa shape index (κ1) is 18.7. The predicted octanol–water partition coefficient (Wildman–Crippen LogP) is 2.72. The number of fused-ring (bicyclic) bond motifs is 1. The summed E-state index contributed by atoms with van der Waals surface area (Å²) in [6.07, 6.45) is 0. The van der Waals surface area contributed by atoms with Crippen molar-refractivity contribution in [2.24, 2.45) is 0 Å². The molecule has 0 saturated carbocycles. The molecule has 1 amide bonds. The quantitative estimate of drug-likeness (QED) is 0.643. The molecular weight excluding hydrogens is 402 g/mol. The molecule has 1 aliphatic heterocycles. The van der Waals surface area contributed by atoms with Gasteiger partial charge in [0.2, 0.25) is 5.88 Å². The number of benzene rings is 1. The molecule has 1 aliphatic rings. The Hall–Kier alpha value is -2.65. The SMILES string of the molecule is COc1cc(C(=O)N2CCN(c3nc4c(Cl)cccc4s3)CC2)nc(OC)n1. The number of piperazine rings is 1. The highest BCUT2D eigenvalue weighted by molar-refractivity contribution is 7.22. The number of carbonyl (C=O) groups excluding carboxylic acids is 1. The van der Waals surface area contributed by atoms with Gasteiger partial charge in [0, 0.05) is 32.2 Å². The van der Waals surface area contributed by atoms with Gasteiger partial charge in [0.15, 0.2) is 5.13 Å². The normalized spacial score (nSPS) is 14.4. The number of nitrogens with zero attached hydrogens (tertiary/aromatic N) is 5. The van der Waals surface area contributed by atoms with E-state index in [0.29, 0.717) is 37.1 Å². The molecular formula is C18H18ClN5O3S. The zero-order valence-corrected chi connectivity index (χ0v) is 17.0. The van der Waals surface area contributed by atoms with Crippen LogP contribution in [-0.4, -0.2) is 66.2 Å². The molecule has 0 N–H and O–H groups in total. The Kier molecular flexibility index (Phi) is 5.19. The highest BCUT2D eigenvalue weighted by Crippen LogP contribution is 2.33. The number of methoxy groups -OCH3 is 2. The molecule has 0 spiro atoms. The summed E-state index contributed by atoms with van der Waals surface area (Å²) in [6.45, 7) is 2.50. The maximum Gasteiger partial charge on any atom is 0.320 e. The summed E-state index contributed by atoms with van der Waals surface area (Å²) >= 11 is 7.84. The fraction of sp³-hybridized carbons (Fsp3) is 0.333. The van der Waals surface area contributed by atoms with E-state index in [1.54, 1.807) is 16.2 Å². The Morgan fingerprint density at radius 1 is 1.11 bits per heavy atom. The van der Waals surface area contributed by atoms with Crippen LogP contribution in [0, 0.1) is 0 Å². The van der Waals surface area contributed by atoms with Gasteiger partial charge in [0.05, 0.1) is 23.9 Å². The van der Waals surface area contributed by atoms with E-state index in [9.17, 15) is 4.79 Å². The number of carbonyl (C=O) groups is 1. The Balaban J connectivity index is 1.47. The molecule has 1 saturated heterocycles. The van der Waals surface area contributed by atoms with E-state index in [1.807, 2.05) is 18.2 Å². The minimum atomic E-state index is -0.175. The number of amides is 1. The molecule has 0 unspecified atom stereocenters. The van der Waals surface area contributed by atoms with Gasteiger partial charge in [0.1, 0.15) is 11.2 Å². The first-order valence-electron chi connectivity index (χ1n) is 8.65. The Morgan fingerprint density at radius 2 is 1.89 bits per heavy atom. The van der Waals surface area contributed by atoms with Crippen molar-refractivity contribution in [2.75, 3.05) is 45.3 Å². The fourth-order valence-corrected chi connectivity index (χ4v) is 4.33. The third-order valence-corrected chi connectivity index (χ3v) is 5.88. The molecule has 10 heteroatoms. The predicted molar refractivity (Wildman–Crippen MR) is 108 cm³/mol. The van der Waals surface area contributed by atoms with Gasteiger partial charge in [-0.2, -0.15) is 9.97 Å². The number of para-hydroxylation sites is 1. The average Bonchev–Trinajstić information content (AvgIpc) is 3.18. The number of rotatable bonds is 4. The van der Waals surface area contributed by atoms with Gasteiger partial charge in [-0.25, -0.2) is 4.98 Å². The number of hydrogen-bond acceptors (Lipinski definition) is 8. The second kappa shape index (κ2) is 7.76. The molecule has 28 heavy (non-hydrogen) atoms. The van der Waals surface area contributed by atoms with Gasteiger partial charge in [0.25, 0.3) is 5.91 Å². The number of ether oxygens (including phenoxy) is 2. The lowest BCUT2D eigenvalue weighted by molar-refractivity contribution is 0.0739. The minimum absolute atomic E-state index is 0.104. The van der Waals surface area contributed by atoms with Crippen molar-refractivity contribution >= 4 is 44.2 Å². The van der Waals surface area contributed by atoms with E-state index in [1.165, 1.54) is 20.3 Å². The first-order valence-corrected chi connectivity index (χ1v) is 9.85.